The fourth-order valence-corrected chi connectivity index (χ4v) is 6.15. The molecule has 6 rings (SSSR count). The average molecular weight is 592 g/mol. The summed E-state index contributed by atoms with van der Waals surface area (Å²) in [6.45, 7) is 10.5. The quantitative estimate of drug-likeness (QED) is 0.151. The highest BCUT2D eigenvalue weighted by Crippen LogP contribution is 2.50. The molecular weight excluding hydrogens is 552 g/mol. The molecule has 0 spiro atoms. The topological polar surface area (TPSA) is 76.0 Å². The van der Waals surface area contributed by atoms with Crippen LogP contribution in [0.15, 0.2) is 99.8 Å². The number of carbonyl (C=O) groups is 1. The maximum absolute atomic E-state index is 13.5. The minimum absolute atomic E-state index is 0.0151. The number of hydrogen-bond donors (Lipinski definition) is 1. The van der Waals surface area contributed by atoms with Gasteiger partial charge in [0.25, 0.3) is 5.52 Å². The highest BCUT2D eigenvalue weighted by Gasteiger charge is 2.43. The van der Waals surface area contributed by atoms with E-state index in [0.29, 0.717) is 35.9 Å². The zero-order chi connectivity index (χ0) is 31.0. The number of oxazole rings is 1. The van der Waals surface area contributed by atoms with E-state index in [-0.39, 0.29) is 22.5 Å². The molecule has 0 radical (unpaired) electrons. The summed E-state index contributed by atoms with van der Waals surface area (Å²) in [5.41, 5.74) is 6.03. The molecular formula is C37H39N2O5+. The van der Waals surface area contributed by atoms with Crippen molar-refractivity contribution >= 4 is 28.6 Å². The molecule has 4 aromatic rings. The summed E-state index contributed by atoms with van der Waals surface area (Å²) in [5, 5.41) is 11.2. The van der Waals surface area contributed by atoms with Crippen LogP contribution < -0.4 is 18.9 Å². The zero-order valence-electron chi connectivity index (χ0n) is 26.0. The van der Waals surface area contributed by atoms with E-state index >= 15 is 0 Å². The summed E-state index contributed by atoms with van der Waals surface area (Å²) in [5.74, 6) is 1.79. The number of nitrogens with zero attached hydrogens (tertiary/aromatic N) is 2. The molecule has 2 heterocycles. The van der Waals surface area contributed by atoms with Gasteiger partial charge in [-0.15, -0.1) is 0 Å². The van der Waals surface area contributed by atoms with Crippen molar-refractivity contribution in [2.75, 3.05) is 18.6 Å². The third kappa shape index (κ3) is 5.06. The summed E-state index contributed by atoms with van der Waals surface area (Å²) in [4.78, 5) is 15.8. The number of aliphatic hydroxyl groups is 1. The number of Topliss-reactive ketones (excluding diaryl/α,β-unsaturated/α-hetero) is 1. The first kappa shape index (κ1) is 29.3. The number of hydrogen-bond acceptors (Lipinski definition) is 6. The Hall–Kier alpha value is -4.78. The van der Waals surface area contributed by atoms with E-state index in [4.69, 9.17) is 13.9 Å². The number of anilines is 1. The van der Waals surface area contributed by atoms with Gasteiger partial charge < -0.3 is 23.9 Å². The molecule has 226 valence electrons. The van der Waals surface area contributed by atoms with Gasteiger partial charge in [-0.25, -0.2) is 0 Å². The van der Waals surface area contributed by atoms with Crippen molar-refractivity contribution in [3.8, 4) is 11.5 Å². The lowest BCUT2D eigenvalue weighted by molar-refractivity contribution is -0.678. The number of aromatic nitrogens is 1. The Kier molecular flexibility index (Phi) is 7.80. The van der Waals surface area contributed by atoms with Gasteiger partial charge in [0.2, 0.25) is 11.4 Å². The lowest BCUT2D eigenvalue weighted by Gasteiger charge is -2.29. The van der Waals surface area contributed by atoms with Crippen LogP contribution in [-0.2, 0) is 23.4 Å². The van der Waals surface area contributed by atoms with Gasteiger partial charge in [0.15, 0.2) is 6.54 Å². The summed E-state index contributed by atoms with van der Waals surface area (Å²) in [6, 6.07) is 21.9. The highest BCUT2D eigenvalue weighted by atomic mass is 16.5. The third-order valence-electron chi connectivity index (χ3n) is 8.49. The Morgan fingerprint density at radius 1 is 0.977 bits per heavy atom. The molecule has 1 aliphatic carbocycles. The Labute approximate surface area is 258 Å². The SMILES string of the molecule is CCCN1C(=CC2=C(O)C(=Cc3oc4cc(OCc5ccccc5)ccc4[n+]3CCC)C2=O)C(C)(C)c2cc(OC)ccc21. The minimum Gasteiger partial charge on any atom is -0.506 e. The number of allylic oxidation sites excluding steroid dienone is 4. The molecule has 0 atom stereocenters. The van der Waals surface area contributed by atoms with Gasteiger partial charge in [0.05, 0.1) is 24.3 Å². The molecule has 0 amide bonds. The molecule has 0 bridgehead atoms. The van der Waals surface area contributed by atoms with Crippen molar-refractivity contribution in [2.45, 2.75) is 59.1 Å². The molecule has 7 nitrogen and oxygen atoms in total. The van der Waals surface area contributed by atoms with Crippen LogP contribution in [0.3, 0.4) is 0 Å². The molecule has 1 aliphatic heterocycles. The van der Waals surface area contributed by atoms with Crippen molar-refractivity contribution in [1.29, 1.82) is 0 Å². The number of rotatable bonds is 10. The number of benzene rings is 3. The number of aliphatic hydroxyl groups excluding tert-OH is 1. The summed E-state index contributed by atoms with van der Waals surface area (Å²) in [7, 11) is 1.67. The zero-order valence-corrected chi connectivity index (χ0v) is 26.0. The van der Waals surface area contributed by atoms with Crippen LogP contribution in [0, 0.1) is 0 Å². The van der Waals surface area contributed by atoms with Crippen molar-refractivity contribution in [3.63, 3.8) is 0 Å². The van der Waals surface area contributed by atoms with E-state index in [1.807, 2.05) is 65.2 Å². The normalized spacial score (nSPS) is 17.5. The van der Waals surface area contributed by atoms with Gasteiger partial charge in [-0.2, -0.15) is 4.57 Å². The van der Waals surface area contributed by atoms with Crippen LogP contribution >= 0.6 is 0 Å². The maximum Gasteiger partial charge on any atom is 0.374 e. The van der Waals surface area contributed by atoms with Gasteiger partial charge in [-0.3, -0.25) is 4.79 Å². The molecule has 2 aliphatic rings. The van der Waals surface area contributed by atoms with Crippen LogP contribution in [0.4, 0.5) is 5.69 Å². The van der Waals surface area contributed by atoms with Gasteiger partial charge in [-0.05, 0) is 47.9 Å². The maximum atomic E-state index is 13.5. The first-order valence-corrected chi connectivity index (χ1v) is 15.3. The van der Waals surface area contributed by atoms with Gasteiger partial charge in [-0.1, -0.05) is 58.0 Å². The molecule has 0 saturated heterocycles. The monoisotopic (exact) mass is 591 g/mol. The molecule has 1 N–H and O–H groups in total. The molecule has 3 aromatic carbocycles. The number of aryl methyl sites for hydroxylation is 1. The van der Waals surface area contributed by atoms with E-state index in [1.54, 1.807) is 13.2 Å². The Morgan fingerprint density at radius 2 is 1.75 bits per heavy atom. The van der Waals surface area contributed by atoms with Crippen molar-refractivity contribution in [2.24, 2.45) is 0 Å². The number of methoxy groups -OCH3 is 1. The van der Waals surface area contributed by atoms with Crippen LogP contribution in [0.2, 0.25) is 0 Å². The largest absolute Gasteiger partial charge is 0.506 e. The average Bonchev–Trinajstić information content (AvgIpc) is 3.48. The van der Waals surface area contributed by atoms with Crippen LogP contribution in [0.25, 0.3) is 17.2 Å². The fourth-order valence-electron chi connectivity index (χ4n) is 6.15. The second kappa shape index (κ2) is 11.7. The first-order valence-electron chi connectivity index (χ1n) is 15.3. The Morgan fingerprint density at radius 3 is 2.45 bits per heavy atom. The lowest BCUT2D eigenvalue weighted by atomic mass is 9.80. The number of ether oxygens (including phenoxy) is 2. The van der Waals surface area contributed by atoms with E-state index < -0.39 is 0 Å². The summed E-state index contributed by atoms with van der Waals surface area (Å²) in [6.07, 6.45) is 5.32. The molecule has 44 heavy (non-hydrogen) atoms. The first-order chi connectivity index (χ1) is 21.3. The third-order valence-corrected chi connectivity index (χ3v) is 8.49. The minimum atomic E-state index is -0.380. The molecule has 0 unspecified atom stereocenters. The summed E-state index contributed by atoms with van der Waals surface area (Å²) < 4.78 is 19.8. The Balaban J connectivity index is 1.33. The van der Waals surface area contributed by atoms with E-state index in [0.717, 1.165) is 53.2 Å². The molecule has 0 fully saturated rings. The van der Waals surface area contributed by atoms with E-state index in [2.05, 4.69) is 44.7 Å². The van der Waals surface area contributed by atoms with Gasteiger partial charge >= 0.3 is 5.89 Å². The number of carbonyl (C=O) groups excluding carboxylic acids is 1. The van der Waals surface area contributed by atoms with Crippen LogP contribution in [0.5, 0.6) is 11.5 Å². The second-order valence-electron chi connectivity index (χ2n) is 11.8. The predicted octanol–water partition coefficient (Wildman–Crippen LogP) is 7.59. The van der Waals surface area contributed by atoms with Crippen LogP contribution in [-0.4, -0.2) is 24.5 Å². The number of fused-ring (bicyclic) bond motifs is 2. The van der Waals surface area contributed by atoms with E-state index in [9.17, 15) is 9.90 Å². The number of ketones is 1. The smallest absolute Gasteiger partial charge is 0.374 e. The van der Waals surface area contributed by atoms with E-state index in [1.165, 1.54) is 0 Å². The predicted molar refractivity (Wildman–Crippen MR) is 172 cm³/mol. The van der Waals surface area contributed by atoms with Gasteiger partial charge in [0.1, 0.15) is 23.9 Å². The lowest BCUT2D eigenvalue weighted by Crippen LogP contribution is -2.35. The standard InChI is InChI=1S/C37H38N2O5/c1-6-17-38-30-15-13-25(42-5)19-29(30)37(3,4)33(38)21-27-35(40)28(36(27)41)22-34-39(18-7-2)31-16-14-26(20-32(31)44-34)43-23-24-11-9-8-10-12-24/h8-16,19-22H,6-7,17-18,23H2,1-5H3/p+1. The Bertz CT molecular complexity index is 1830. The fraction of sp³-hybridized carbons (Fsp3) is 0.297. The van der Waals surface area contributed by atoms with Crippen molar-refractivity contribution in [3.05, 3.63) is 112 Å². The molecule has 1 aromatic heterocycles. The summed E-state index contributed by atoms with van der Waals surface area (Å²) >= 11 is 0. The van der Waals surface area contributed by atoms with Crippen molar-refractivity contribution < 1.29 is 28.4 Å². The highest BCUT2D eigenvalue weighted by molar-refractivity contribution is 6.23. The van der Waals surface area contributed by atoms with Gasteiger partial charge in [0, 0.05) is 41.9 Å². The van der Waals surface area contributed by atoms with Crippen LogP contribution in [0.1, 0.15) is 57.6 Å². The molecule has 7 heteroatoms. The molecule has 0 saturated carbocycles. The second-order valence-corrected chi connectivity index (χ2v) is 11.8. The van der Waals surface area contributed by atoms with Crippen molar-refractivity contribution in [1.82, 2.24) is 0 Å².